The van der Waals surface area contributed by atoms with Gasteiger partial charge >= 0.3 is 0 Å². The van der Waals surface area contributed by atoms with Gasteiger partial charge in [-0.05, 0) is 73.1 Å². The smallest absolute Gasteiger partial charge is 0.224 e. The van der Waals surface area contributed by atoms with E-state index in [1.54, 1.807) is 0 Å². The van der Waals surface area contributed by atoms with E-state index in [4.69, 9.17) is 9.47 Å². The zero-order valence-electron chi connectivity index (χ0n) is 17.1. The first-order chi connectivity index (χ1) is 13.7. The molecule has 0 radical (unpaired) electrons. The van der Waals surface area contributed by atoms with Gasteiger partial charge in [0.1, 0.15) is 11.5 Å². The van der Waals surface area contributed by atoms with Crippen LogP contribution in [0.25, 0.3) is 0 Å². The van der Waals surface area contributed by atoms with Crippen LogP contribution in [0, 0.1) is 0 Å². The maximum atomic E-state index is 12.5. The van der Waals surface area contributed by atoms with Crippen molar-refractivity contribution in [2.45, 2.75) is 63.7 Å². The molecule has 0 fully saturated rings. The number of unbranched alkanes of at least 4 members (excludes halogenated alkanes) is 5. The summed E-state index contributed by atoms with van der Waals surface area (Å²) in [5.41, 5.74) is 0.681. The molecule has 2 rings (SSSR count). The molecule has 0 saturated heterocycles. The second-order valence-electron chi connectivity index (χ2n) is 6.85. The maximum Gasteiger partial charge on any atom is 0.224 e. The third-order valence-corrected chi connectivity index (χ3v) is 5.34. The van der Waals surface area contributed by atoms with Gasteiger partial charge in [0.2, 0.25) is 5.12 Å². The molecular weight excluding hydrogens is 368 g/mol. The van der Waals surface area contributed by atoms with Gasteiger partial charge in [0.25, 0.3) is 0 Å². The first-order valence-corrected chi connectivity index (χ1v) is 11.2. The summed E-state index contributed by atoms with van der Waals surface area (Å²) in [5, 5.41) is 0.0321. The molecular formula is C24H32O3S. The van der Waals surface area contributed by atoms with Crippen LogP contribution in [0.5, 0.6) is 11.5 Å². The lowest BCUT2D eigenvalue weighted by Gasteiger charge is -2.08. The summed E-state index contributed by atoms with van der Waals surface area (Å²) in [4.78, 5) is 13.4. The molecule has 28 heavy (non-hydrogen) atoms. The highest BCUT2D eigenvalue weighted by molar-refractivity contribution is 8.14. The van der Waals surface area contributed by atoms with Crippen molar-refractivity contribution in [3.05, 3.63) is 54.1 Å². The van der Waals surface area contributed by atoms with Crippen molar-refractivity contribution in [1.29, 1.82) is 0 Å². The van der Waals surface area contributed by atoms with Crippen molar-refractivity contribution >= 4 is 16.9 Å². The predicted molar refractivity (Wildman–Crippen MR) is 118 cm³/mol. The highest BCUT2D eigenvalue weighted by Gasteiger charge is 2.09. The van der Waals surface area contributed by atoms with E-state index in [1.165, 1.54) is 37.4 Å². The Kier molecular flexibility index (Phi) is 10.6. The molecule has 4 heteroatoms. The van der Waals surface area contributed by atoms with Crippen molar-refractivity contribution in [1.82, 2.24) is 0 Å². The number of hydrogen-bond donors (Lipinski definition) is 0. The van der Waals surface area contributed by atoms with Gasteiger partial charge in [-0.15, -0.1) is 0 Å². The molecule has 0 aliphatic rings. The number of hydrogen-bond acceptors (Lipinski definition) is 4. The predicted octanol–water partition coefficient (Wildman–Crippen LogP) is 7.15. The second kappa shape index (κ2) is 13.3. The van der Waals surface area contributed by atoms with Crippen LogP contribution in [0.3, 0.4) is 0 Å². The summed E-state index contributed by atoms with van der Waals surface area (Å²) >= 11 is 1.23. The zero-order valence-corrected chi connectivity index (χ0v) is 17.9. The summed E-state index contributed by atoms with van der Waals surface area (Å²) in [7, 11) is 0. The molecule has 0 heterocycles. The Morgan fingerprint density at radius 3 is 1.86 bits per heavy atom. The highest BCUT2D eigenvalue weighted by Crippen LogP contribution is 2.26. The lowest BCUT2D eigenvalue weighted by Crippen LogP contribution is -1.98. The quantitative estimate of drug-likeness (QED) is 0.264. The van der Waals surface area contributed by atoms with Crippen LogP contribution in [0.1, 0.15) is 69.2 Å². The number of carbonyl (C=O) groups is 1. The third-order valence-electron chi connectivity index (χ3n) is 4.41. The van der Waals surface area contributed by atoms with Crippen molar-refractivity contribution in [2.75, 3.05) is 13.2 Å². The van der Waals surface area contributed by atoms with Crippen LogP contribution in [0.4, 0.5) is 0 Å². The minimum absolute atomic E-state index is 0.0321. The minimum atomic E-state index is 0.0321. The van der Waals surface area contributed by atoms with Crippen LogP contribution in [0.2, 0.25) is 0 Å². The topological polar surface area (TPSA) is 35.5 Å². The maximum absolute atomic E-state index is 12.5. The van der Waals surface area contributed by atoms with Gasteiger partial charge in [0.05, 0.1) is 13.2 Å². The first-order valence-electron chi connectivity index (χ1n) is 10.4. The number of thioether (sulfide) groups is 1. The SMILES string of the molecule is CCCCCCCOc1ccc(SC(=O)c2ccc(OCCCC)cc2)cc1. The van der Waals surface area contributed by atoms with Gasteiger partial charge in [0, 0.05) is 10.5 Å². The second-order valence-corrected chi connectivity index (χ2v) is 7.90. The fourth-order valence-corrected chi connectivity index (χ4v) is 3.43. The van der Waals surface area contributed by atoms with Gasteiger partial charge in [-0.25, -0.2) is 0 Å². The summed E-state index contributed by atoms with van der Waals surface area (Å²) in [6, 6.07) is 15.1. The Morgan fingerprint density at radius 2 is 1.25 bits per heavy atom. The number of rotatable bonds is 13. The van der Waals surface area contributed by atoms with Crippen molar-refractivity contribution < 1.29 is 14.3 Å². The summed E-state index contributed by atoms with van der Waals surface area (Å²) in [6.45, 7) is 5.82. The Labute approximate surface area is 173 Å². The van der Waals surface area contributed by atoms with Crippen molar-refractivity contribution in [3.63, 3.8) is 0 Å². The number of benzene rings is 2. The fraction of sp³-hybridized carbons (Fsp3) is 0.458. The average molecular weight is 401 g/mol. The highest BCUT2D eigenvalue weighted by atomic mass is 32.2. The molecule has 152 valence electrons. The Balaban J connectivity index is 1.75. The molecule has 0 aromatic heterocycles. The lowest BCUT2D eigenvalue weighted by molar-refractivity contribution is 0.108. The van der Waals surface area contributed by atoms with Crippen LogP contribution >= 0.6 is 11.8 Å². The van der Waals surface area contributed by atoms with E-state index in [0.29, 0.717) is 12.2 Å². The standard InChI is InChI=1S/C24H32O3S/c1-3-5-7-8-9-19-27-22-14-16-23(17-15-22)28-24(25)20-10-12-21(13-11-20)26-18-6-4-2/h10-17H,3-9,18-19H2,1-2H3. The van der Waals surface area contributed by atoms with Gasteiger partial charge < -0.3 is 9.47 Å². The molecule has 0 N–H and O–H groups in total. The van der Waals surface area contributed by atoms with Gasteiger partial charge in [-0.3, -0.25) is 4.79 Å². The van der Waals surface area contributed by atoms with Gasteiger partial charge in [0.15, 0.2) is 0 Å². The van der Waals surface area contributed by atoms with E-state index in [9.17, 15) is 4.79 Å². The number of carbonyl (C=O) groups excluding carboxylic acids is 1. The van der Waals surface area contributed by atoms with Gasteiger partial charge in [-0.1, -0.05) is 46.0 Å². The minimum Gasteiger partial charge on any atom is -0.494 e. The summed E-state index contributed by atoms with van der Waals surface area (Å²) in [6.07, 6.45) is 8.30. The van der Waals surface area contributed by atoms with Crippen LogP contribution in [-0.4, -0.2) is 18.3 Å². The summed E-state index contributed by atoms with van der Waals surface area (Å²) < 4.78 is 11.4. The van der Waals surface area contributed by atoms with Crippen LogP contribution in [-0.2, 0) is 0 Å². The molecule has 0 spiro atoms. The van der Waals surface area contributed by atoms with Crippen LogP contribution < -0.4 is 9.47 Å². The van der Waals surface area contributed by atoms with E-state index >= 15 is 0 Å². The van der Waals surface area contributed by atoms with Crippen molar-refractivity contribution in [2.24, 2.45) is 0 Å². The molecule has 0 aliphatic heterocycles. The van der Waals surface area contributed by atoms with E-state index in [1.807, 2.05) is 48.5 Å². The molecule has 0 bridgehead atoms. The Bertz CT molecular complexity index is 680. The molecule has 0 aliphatic carbocycles. The lowest BCUT2D eigenvalue weighted by atomic mass is 10.2. The molecule has 3 nitrogen and oxygen atoms in total. The zero-order chi connectivity index (χ0) is 20.0. The van der Waals surface area contributed by atoms with Crippen molar-refractivity contribution in [3.8, 4) is 11.5 Å². The first kappa shape index (κ1) is 22.4. The molecule has 0 amide bonds. The molecule has 0 unspecified atom stereocenters. The van der Waals surface area contributed by atoms with E-state index < -0.39 is 0 Å². The molecule has 0 atom stereocenters. The third kappa shape index (κ3) is 8.39. The molecule has 2 aromatic carbocycles. The molecule has 2 aromatic rings. The van der Waals surface area contributed by atoms with E-state index in [2.05, 4.69) is 13.8 Å². The van der Waals surface area contributed by atoms with E-state index in [-0.39, 0.29) is 5.12 Å². The monoisotopic (exact) mass is 400 g/mol. The average Bonchev–Trinajstić information content (AvgIpc) is 2.72. The Hall–Kier alpha value is -1.94. The fourth-order valence-electron chi connectivity index (χ4n) is 2.69. The normalized spacial score (nSPS) is 10.6. The van der Waals surface area contributed by atoms with Crippen LogP contribution in [0.15, 0.2) is 53.4 Å². The largest absolute Gasteiger partial charge is 0.494 e. The van der Waals surface area contributed by atoms with Gasteiger partial charge in [-0.2, -0.15) is 0 Å². The molecule has 0 saturated carbocycles. The summed E-state index contributed by atoms with van der Waals surface area (Å²) in [5.74, 6) is 1.67. The van der Waals surface area contributed by atoms with E-state index in [0.717, 1.165) is 42.3 Å². The number of ether oxygens (including phenoxy) is 2. The Morgan fingerprint density at radius 1 is 0.714 bits per heavy atom.